The first-order chi connectivity index (χ1) is 13.7. The number of carbonyl (C=O) groups is 1. The highest BCUT2D eigenvalue weighted by Gasteiger charge is 2.14. The minimum atomic E-state index is -0.311. The predicted molar refractivity (Wildman–Crippen MR) is 102 cm³/mol. The Morgan fingerprint density at radius 2 is 1.93 bits per heavy atom. The maximum absolute atomic E-state index is 12.3. The van der Waals surface area contributed by atoms with Crippen LogP contribution in [0.5, 0.6) is 17.2 Å². The number of carbonyl (C=O) groups excluding carboxylic acids is 1. The Morgan fingerprint density at radius 3 is 2.75 bits per heavy atom. The lowest BCUT2D eigenvalue weighted by Gasteiger charge is -2.10. The number of benzene rings is 2. The zero-order chi connectivity index (χ0) is 19.3. The molecule has 8 heteroatoms. The average Bonchev–Trinajstić information content (AvgIpc) is 3.21. The molecule has 0 unspecified atom stereocenters. The number of fused-ring (bicyclic) bond motifs is 1. The molecule has 0 bridgehead atoms. The zero-order valence-corrected chi connectivity index (χ0v) is 15.1. The van der Waals surface area contributed by atoms with E-state index in [1.54, 1.807) is 19.2 Å². The molecule has 8 nitrogen and oxygen atoms in total. The van der Waals surface area contributed by atoms with Gasteiger partial charge in [-0.1, -0.05) is 18.2 Å². The summed E-state index contributed by atoms with van der Waals surface area (Å²) in [7, 11) is 1.60. The lowest BCUT2D eigenvalue weighted by atomic mass is 10.2. The van der Waals surface area contributed by atoms with Crippen molar-refractivity contribution in [2.45, 2.75) is 6.54 Å². The van der Waals surface area contributed by atoms with Gasteiger partial charge in [-0.05, 0) is 42.0 Å². The number of nitrogens with zero attached hydrogens (tertiary/aromatic N) is 2. The Bertz CT molecular complexity index is 992. The Morgan fingerprint density at radius 1 is 1.07 bits per heavy atom. The van der Waals surface area contributed by atoms with Gasteiger partial charge in [0.15, 0.2) is 23.0 Å². The zero-order valence-electron chi connectivity index (χ0n) is 15.1. The Balaban J connectivity index is 1.37. The minimum absolute atomic E-state index is 0.218. The van der Waals surface area contributed by atoms with Crippen molar-refractivity contribution in [1.82, 2.24) is 15.5 Å². The van der Waals surface area contributed by atoms with Crippen LogP contribution < -0.4 is 24.8 Å². The van der Waals surface area contributed by atoms with Crippen molar-refractivity contribution in [1.29, 1.82) is 0 Å². The highest BCUT2D eigenvalue weighted by molar-refractivity contribution is 5.92. The topological polar surface area (TPSA) is 94.6 Å². The molecule has 0 atom stereocenters. The standard InChI is InChI=1S/C20H18N4O4/c1-26-16-5-3-2-4-14(16)22-19-9-7-15(23-24-19)20(25)21-11-13-6-8-17-18(10-13)28-12-27-17/h2-10H,11-12H2,1H3,(H,21,25)(H,22,24). The number of anilines is 2. The number of aromatic nitrogens is 2. The Kier molecular flexibility index (Phi) is 4.92. The van der Waals surface area contributed by atoms with E-state index in [9.17, 15) is 4.79 Å². The van der Waals surface area contributed by atoms with Crippen molar-refractivity contribution in [3.8, 4) is 17.2 Å². The molecule has 4 rings (SSSR count). The van der Waals surface area contributed by atoms with E-state index < -0.39 is 0 Å². The molecule has 1 amide bonds. The van der Waals surface area contributed by atoms with E-state index >= 15 is 0 Å². The SMILES string of the molecule is COc1ccccc1Nc1ccc(C(=O)NCc2ccc3c(c2)OCO3)nn1. The summed E-state index contributed by atoms with van der Waals surface area (Å²) in [5.41, 5.74) is 1.89. The highest BCUT2D eigenvalue weighted by atomic mass is 16.7. The van der Waals surface area contributed by atoms with Crippen LogP contribution in [0.4, 0.5) is 11.5 Å². The van der Waals surface area contributed by atoms with Crippen molar-refractivity contribution in [2.75, 3.05) is 19.2 Å². The number of rotatable bonds is 6. The summed E-state index contributed by atoms with van der Waals surface area (Å²) in [5, 5.41) is 14.0. The summed E-state index contributed by atoms with van der Waals surface area (Å²) >= 11 is 0. The number of hydrogen-bond donors (Lipinski definition) is 2. The van der Waals surface area contributed by atoms with Gasteiger partial charge >= 0.3 is 0 Å². The first-order valence-electron chi connectivity index (χ1n) is 8.63. The van der Waals surface area contributed by atoms with Gasteiger partial charge in [0, 0.05) is 6.54 Å². The van der Waals surface area contributed by atoms with E-state index in [1.165, 1.54) is 0 Å². The van der Waals surface area contributed by atoms with Crippen molar-refractivity contribution < 1.29 is 19.0 Å². The molecule has 0 saturated carbocycles. The van der Waals surface area contributed by atoms with Gasteiger partial charge in [0.05, 0.1) is 12.8 Å². The van der Waals surface area contributed by atoms with E-state index in [4.69, 9.17) is 14.2 Å². The maximum atomic E-state index is 12.3. The molecule has 0 saturated heterocycles. The molecule has 3 aromatic rings. The van der Waals surface area contributed by atoms with Crippen LogP contribution in [0.2, 0.25) is 0 Å². The molecule has 142 valence electrons. The lowest BCUT2D eigenvalue weighted by Crippen LogP contribution is -2.24. The van der Waals surface area contributed by atoms with Gasteiger partial charge in [0.25, 0.3) is 5.91 Å². The van der Waals surface area contributed by atoms with Gasteiger partial charge in [-0.15, -0.1) is 10.2 Å². The number of amides is 1. The van der Waals surface area contributed by atoms with Gasteiger partial charge in [-0.3, -0.25) is 4.79 Å². The van der Waals surface area contributed by atoms with Gasteiger partial charge in [-0.25, -0.2) is 0 Å². The van der Waals surface area contributed by atoms with Crippen molar-refractivity contribution >= 4 is 17.4 Å². The maximum Gasteiger partial charge on any atom is 0.272 e. The fourth-order valence-electron chi connectivity index (χ4n) is 2.73. The normalized spacial score (nSPS) is 11.8. The van der Waals surface area contributed by atoms with Crippen molar-refractivity contribution in [3.63, 3.8) is 0 Å². The van der Waals surface area contributed by atoms with Crippen LogP contribution in [-0.4, -0.2) is 30.0 Å². The van der Waals surface area contributed by atoms with Crippen molar-refractivity contribution in [2.24, 2.45) is 0 Å². The second-order valence-corrected chi connectivity index (χ2v) is 6.00. The third-order valence-electron chi connectivity index (χ3n) is 4.16. The first-order valence-corrected chi connectivity index (χ1v) is 8.63. The summed E-state index contributed by atoms with van der Waals surface area (Å²) in [6.45, 7) is 0.564. The van der Waals surface area contributed by atoms with E-state index in [1.807, 2.05) is 42.5 Å². The summed E-state index contributed by atoms with van der Waals surface area (Å²) in [6.07, 6.45) is 0. The third kappa shape index (κ3) is 3.80. The van der Waals surface area contributed by atoms with Crippen LogP contribution in [0, 0.1) is 0 Å². The molecule has 28 heavy (non-hydrogen) atoms. The lowest BCUT2D eigenvalue weighted by molar-refractivity contribution is 0.0945. The number of para-hydroxylation sites is 2. The quantitative estimate of drug-likeness (QED) is 0.681. The Hall–Kier alpha value is -3.81. The largest absolute Gasteiger partial charge is 0.495 e. The van der Waals surface area contributed by atoms with E-state index in [0.29, 0.717) is 29.6 Å². The van der Waals surface area contributed by atoms with Gasteiger partial charge in [-0.2, -0.15) is 0 Å². The first kappa shape index (κ1) is 17.6. The number of hydrogen-bond acceptors (Lipinski definition) is 7. The average molecular weight is 378 g/mol. The molecular weight excluding hydrogens is 360 g/mol. The molecule has 1 aliphatic heterocycles. The predicted octanol–water partition coefficient (Wildman–Crippen LogP) is 2.89. The second-order valence-electron chi connectivity index (χ2n) is 6.00. The van der Waals surface area contributed by atoms with Crippen LogP contribution in [0.3, 0.4) is 0 Å². The Labute approximate surface area is 161 Å². The molecule has 0 radical (unpaired) electrons. The molecule has 2 heterocycles. The van der Waals surface area contributed by atoms with Crippen LogP contribution in [0.25, 0.3) is 0 Å². The van der Waals surface area contributed by atoms with Crippen molar-refractivity contribution in [3.05, 3.63) is 65.9 Å². The third-order valence-corrected chi connectivity index (χ3v) is 4.16. The van der Waals surface area contributed by atoms with E-state index in [0.717, 1.165) is 11.3 Å². The summed E-state index contributed by atoms with van der Waals surface area (Å²) in [4.78, 5) is 12.3. The number of nitrogens with one attached hydrogen (secondary N) is 2. The summed E-state index contributed by atoms with van der Waals surface area (Å²) in [5.74, 6) is 2.28. The summed E-state index contributed by atoms with van der Waals surface area (Å²) < 4.78 is 15.9. The molecule has 2 N–H and O–H groups in total. The molecule has 2 aromatic carbocycles. The van der Waals surface area contributed by atoms with Crippen LogP contribution in [0.1, 0.15) is 16.1 Å². The van der Waals surface area contributed by atoms with Gasteiger partial charge in [0.2, 0.25) is 6.79 Å². The summed E-state index contributed by atoms with van der Waals surface area (Å²) in [6, 6.07) is 16.3. The monoisotopic (exact) mass is 378 g/mol. The smallest absolute Gasteiger partial charge is 0.272 e. The van der Waals surface area contributed by atoms with Gasteiger partial charge in [0.1, 0.15) is 5.75 Å². The van der Waals surface area contributed by atoms with Crippen LogP contribution in [-0.2, 0) is 6.54 Å². The number of ether oxygens (including phenoxy) is 3. The van der Waals surface area contributed by atoms with E-state index in [-0.39, 0.29) is 18.4 Å². The second kappa shape index (κ2) is 7.83. The van der Waals surface area contributed by atoms with Gasteiger partial charge < -0.3 is 24.8 Å². The minimum Gasteiger partial charge on any atom is -0.495 e. The molecule has 1 aromatic heterocycles. The highest BCUT2D eigenvalue weighted by Crippen LogP contribution is 2.32. The number of methoxy groups -OCH3 is 1. The van der Waals surface area contributed by atoms with Crippen LogP contribution in [0.15, 0.2) is 54.6 Å². The van der Waals surface area contributed by atoms with Crippen LogP contribution >= 0.6 is 0 Å². The molecular formula is C20H18N4O4. The fourth-order valence-corrected chi connectivity index (χ4v) is 2.73. The molecule has 0 aliphatic carbocycles. The fraction of sp³-hybridized carbons (Fsp3) is 0.150. The van der Waals surface area contributed by atoms with E-state index in [2.05, 4.69) is 20.8 Å². The molecule has 0 fully saturated rings. The molecule has 0 spiro atoms. The molecule has 1 aliphatic rings.